The molecule has 66 valence electrons. The summed E-state index contributed by atoms with van der Waals surface area (Å²) in [6.07, 6.45) is 0. The third-order valence-electron chi connectivity index (χ3n) is 1.26. The Balaban J connectivity index is 3.09. The van der Waals surface area contributed by atoms with Crippen LogP contribution >= 0.6 is 11.9 Å². The predicted molar refractivity (Wildman–Crippen MR) is 46.3 cm³/mol. The monoisotopic (exact) mass is 205 g/mol. The summed E-state index contributed by atoms with van der Waals surface area (Å²) in [7, 11) is -4.08. The summed E-state index contributed by atoms with van der Waals surface area (Å²) < 4.78 is 29.7. The van der Waals surface area contributed by atoms with E-state index in [-0.39, 0.29) is 4.90 Å². The fourth-order valence-corrected chi connectivity index (χ4v) is 1.46. The molecule has 0 heterocycles. The highest BCUT2D eigenvalue weighted by Gasteiger charge is 2.07. The zero-order chi connectivity index (χ0) is 9.19. The minimum atomic E-state index is -4.08. The van der Waals surface area contributed by atoms with Crippen LogP contribution in [0.4, 0.5) is 0 Å². The maximum Gasteiger partial charge on any atom is 0.294 e. The Kier molecular flexibility index (Phi) is 2.73. The van der Waals surface area contributed by atoms with Gasteiger partial charge in [0.15, 0.2) is 0 Å². The first-order valence-electron chi connectivity index (χ1n) is 2.98. The van der Waals surface area contributed by atoms with Crippen molar-refractivity contribution in [3.63, 3.8) is 0 Å². The van der Waals surface area contributed by atoms with Crippen molar-refractivity contribution < 1.29 is 13.0 Å². The van der Waals surface area contributed by atoms with Crippen molar-refractivity contribution >= 4 is 22.1 Å². The second-order valence-corrected chi connectivity index (χ2v) is 4.19. The molecular formula is C6H7NO3S2. The molecule has 0 spiro atoms. The van der Waals surface area contributed by atoms with Crippen molar-refractivity contribution in [1.82, 2.24) is 0 Å². The van der Waals surface area contributed by atoms with Crippen LogP contribution < -0.4 is 5.14 Å². The Morgan fingerprint density at radius 1 is 1.25 bits per heavy atom. The second-order valence-electron chi connectivity index (χ2n) is 2.06. The lowest BCUT2D eigenvalue weighted by atomic mass is 10.4. The Hall–Kier alpha value is -0.560. The Morgan fingerprint density at radius 2 is 1.75 bits per heavy atom. The van der Waals surface area contributed by atoms with Crippen molar-refractivity contribution in [2.75, 3.05) is 0 Å². The van der Waals surface area contributed by atoms with Gasteiger partial charge in [0.2, 0.25) is 0 Å². The Morgan fingerprint density at radius 3 is 2.08 bits per heavy atom. The standard InChI is InChI=1S/C6H7NO3S2/c7-11-5-1-3-6(4-2-5)12(8,9)10/h1-4H,7H2,(H,8,9,10). The van der Waals surface area contributed by atoms with Gasteiger partial charge in [-0.3, -0.25) is 9.69 Å². The molecule has 3 N–H and O–H groups in total. The van der Waals surface area contributed by atoms with Crippen LogP contribution in [0.5, 0.6) is 0 Å². The van der Waals surface area contributed by atoms with E-state index in [1.807, 2.05) is 0 Å². The summed E-state index contributed by atoms with van der Waals surface area (Å²) in [4.78, 5) is 0.614. The first kappa shape index (κ1) is 9.53. The Labute approximate surface area is 74.7 Å². The highest BCUT2D eigenvalue weighted by Crippen LogP contribution is 2.15. The van der Waals surface area contributed by atoms with Crippen LogP contribution in [0.25, 0.3) is 0 Å². The summed E-state index contributed by atoms with van der Waals surface area (Å²) in [5.41, 5.74) is 0. The molecule has 0 amide bonds. The van der Waals surface area contributed by atoms with Crippen LogP contribution in [0, 0.1) is 0 Å². The zero-order valence-corrected chi connectivity index (χ0v) is 7.60. The molecule has 0 aliphatic rings. The van der Waals surface area contributed by atoms with E-state index in [0.717, 1.165) is 16.8 Å². The van der Waals surface area contributed by atoms with E-state index in [1.54, 1.807) is 0 Å². The van der Waals surface area contributed by atoms with Crippen molar-refractivity contribution in [3.05, 3.63) is 24.3 Å². The van der Waals surface area contributed by atoms with Crippen LogP contribution in [-0.4, -0.2) is 13.0 Å². The highest BCUT2D eigenvalue weighted by molar-refractivity contribution is 7.97. The topological polar surface area (TPSA) is 80.4 Å². The van der Waals surface area contributed by atoms with Crippen LogP contribution in [0.3, 0.4) is 0 Å². The number of nitrogens with two attached hydrogens (primary N) is 1. The lowest BCUT2D eigenvalue weighted by Crippen LogP contribution is -1.97. The first-order valence-corrected chi connectivity index (χ1v) is 5.30. The lowest BCUT2D eigenvalue weighted by molar-refractivity contribution is 0.483. The molecule has 0 atom stereocenters. The molecule has 0 saturated carbocycles. The molecule has 0 aliphatic heterocycles. The molecule has 0 bridgehead atoms. The summed E-state index contributed by atoms with van der Waals surface area (Å²) in [6.45, 7) is 0. The van der Waals surface area contributed by atoms with E-state index < -0.39 is 10.1 Å². The van der Waals surface area contributed by atoms with Crippen molar-refractivity contribution in [2.24, 2.45) is 5.14 Å². The average Bonchev–Trinajstić information content (AvgIpc) is 2.03. The van der Waals surface area contributed by atoms with Crippen molar-refractivity contribution in [1.29, 1.82) is 0 Å². The largest absolute Gasteiger partial charge is 0.294 e. The molecule has 1 aromatic carbocycles. The van der Waals surface area contributed by atoms with Gasteiger partial charge in [0.1, 0.15) is 0 Å². The summed E-state index contributed by atoms with van der Waals surface area (Å²) in [5.74, 6) is 0. The quantitative estimate of drug-likeness (QED) is 0.554. The SMILES string of the molecule is NSc1ccc(S(=O)(=O)O)cc1. The van der Waals surface area contributed by atoms with Gasteiger partial charge >= 0.3 is 0 Å². The molecule has 0 saturated heterocycles. The van der Waals surface area contributed by atoms with Crippen molar-refractivity contribution in [2.45, 2.75) is 9.79 Å². The number of hydrogen-bond acceptors (Lipinski definition) is 4. The third kappa shape index (κ3) is 2.21. The number of rotatable bonds is 2. The van der Waals surface area contributed by atoms with Gasteiger partial charge in [0.05, 0.1) is 4.90 Å². The second kappa shape index (κ2) is 3.44. The molecule has 0 fully saturated rings. The molecule has 0 radical (unpaired) electrons. The van der Waals surface area contributed by atoms with Gasteiger partial charge in [0.25, 0.3) is 10.1 Å². The lowest BCUT2D eigenvalue weighted by Gasteiger charge is -1.97. The third-order valence-corrected chi connectivity index (χ3v) is 2.67. The number of hydrogen-bond donors (Lipinski definition) is 2. The molecule has 4 nitrogen and oxygen atoms in total. The van der Waals surface area contributed by atoms with Crippen LogP contribution in [0.2, 0.25) is 0 Å². The van der Waals surface area contributed by atoms with E-state index in [9.17, 15) is 8.42 Å². The predicted octanol–water partition coefficient (Wildman–Crippen LogP) is 0.899. The molecule has 1 rings (SSSR count). The van der Waals surface area contributed by atoms with Gasteiger partial charge < -0.3 is 0 Å². The molecule has 1 aromatic rings. The normalized spacial score (nSPS) is 11.5. The van der Waals surface area contributed by atoms with Gasteiger partial charge in [-0.2, -0.15) is 8.42 Å². The highest BCUT2D eigenvalue weighted by atomic mass is 32.2. The fourth-order valence-electron chi connectivity index (χ4n) is 0.690. The molecule has 6 heteroatoms. The molecule has 12 heavy (non-hydrogen) atoms. The van der Waals surface area contributed by atoms with Gasteiger partial charge in [0, 0.05) is 4.90 Å². The zero-order valence-electron chi connectivity index (χ0n) is 5.97. The smallest absolute Gasteiger partial charge is 0.282 e. The Bertz CT molecular complexity index is 357. The molecule has 0 aliphatic carbocycles. The van der Waals surface area contributed by atoms with E-state index in [2.05, 4.69) is 0 Å². The van der Waals surface area contributed by atoms with Crippen molar-refractivity contribution in [3.8, 4) is 0 Å². The molecular weight excluding hydrogens is 198 g/mol. The maximum atomic E-state index is 10.6. The van der Waals surface area contributed by atoms with Crippen LogP contribution in [0.1, 0.15) is 0 Å². The molecule has 0 aromatic heterocycles. The van der Waals surface area contributed by atoms with E-state index in [1.165, 1.54) is 24.3 Å². The van der Waals surface area contributed by atoms with Gasteiger partial charge in [-0.25, -0.2) is 0 Å². The molecule has 0 unspecified atom stereocenters. The van der Waals surface area contributed by atoms with Crippen LogP contribution in [-0.2, 0) is 10.1 Å². The summed E-state index contributed by atoms with van der Waals surface area (Å²) >= 11 is 1.01. The van der Waals surface area contributed by atoms with Gasteiger partial charge in [-0.15, -0.1) is 0 Å². The minimum Gasteiger partial charge on any atom is -0.282 e. The maximum absolute atomic E-state index is 10.6. The summed E-state index contributed by atoms with van der Waals surface area (Å²) in [6, 6.07) is 5.64. The fraction of sp³-hybridized carbons (Fsp3) is 0. The minimum absolute atomic E-state index is 0.125. The first-order chi connectivity index (χ1) is 5.54. The van der Waals surface area contributed by atoms with Crippen LogP contribution in [0.15, 0.2) is 34.1 Å². The van der Waals surface area contributed by atoms with Gasteiger partial charge in [-0.1, -0.05) is 0 Å². The summed E-state index contributed by atoms with van der Waals surface area (Å²) in [5, 5.41) is 5.21. The van der Waals surface area contributed by atoms with E-state index >= 15 is 0 Å². The van der Waals surface area contributed by atoms with E-state index in [4.69, 9.17) is 9.69 Å². The van der Waals surface area contributed by atoms with E-state index in [0.29, 0.717) is 0 Å². The number of benzene rings is 1. The van der Waals surface area contributed by atoms with Gasteiger partial charge in [-0.05, 0) is 36.2 Å². The average molecular weight is 205 g/mol.